The Bertz CT molecular complexity index is 406. The predicted molar refractivity (Wildman–Crippen MR) is 60.3 cm³/mol. The van der Waals surface area contributed by atoms with Crippen molar-refractivity contribution in [3.05, 3.63) is 33.9 Å². The van der Waals surface area contributed by atoms with Crippen molar-refractivity contribution in [1.82, 2.24) is 0 Å². The number of nitrogens with one attached hydrogen (secondary N) is 1. The largest absolute Gasteiger partial charge is 0.325 e. The number of carbonyl (C=O) groups excluding carboxylic acids is 1. The molecule has 1 N–H and O–H groups in total. The molecule has 6 heteroatoms. The maximum absolute atomic E-state index is 11.0. The number of alkyl halides is 1. The molecule has 0 atom stereocenters. The highest BCUT2D eigenvalue weighted by Gasteiger charge is 2.10. The third-order valence-electron chi connectivity index (χ3n) is 1.80. The van der Waals surface area contributed by atoms with Crippen LogP contribution in [0.4, 0.5) is 11.4 Å². The summed E-state index contributed by atoms with van der Waals surface area (Å²) in [6.45, 7) is 1.63. The van der Waals surface area contributed by atoms with E-state index in [1.54, 1.807) is 13.0 Å². The van der Waals surface area contributed by atoms with Gasteiger partial charge in [0.05, 0.1) is 10.3 Å². The zero-order valence-electron chi connectivity index (χ0n) is 7.99. The third kappa shape index (κ3) is 3.02. The number of amides is 1. The molecule has 0 heterocycles. The summed E-state index contributed by atoms with van der Waals surface area (Å²) >= 11 is 3.01. The second kappa shape index (κ2) is 4.88. The molecule has 15 heavy (non-hydrogen) atoms. The number of rotatable bonds is 3. The van der Waals surface area contributed by atoms with E-state index in [1.807, 2.05) is 0 Å². The molecule has 0 aliphatic rings. The Morgan fingerprint density at radius 2 is 2.27 bits per heavy atom. The van der Waals surface area contributed by atoms with Gasteiger partial charge in [0.1, 0.15) is 0 Å². The smallest absolute Gasteiger partial charge is 0.272 e. The van der Waals surface area contributed by atoms with Crippen LogP contribution in [0.2, 0.25) is 0 Å². The van der Waals surface area contributed by atoms with Crippen LogP contribution in [0.5, 0.6) is 0 Å². The highest BCUT2D eigenvalue weighted by molar-refractivity contribution is 9.09. The summed E-state index contributed by atoms with van der Waals surface area (Å²) in [5.41, 5.74) is 1.13. The summed E-state index contributed by atoms with van der Waals surface area (Å²) in [4.78, 5) is 21.1. The molecular formula is C9H9BrN2O3. The molecule has 0 fully saturated rings. The minimum Gasteiger partial charge on any atom is -0.325 e. The van der Waals surface area contributed by atoms with Gasteiger partial charge in [0, 0.05) is 17.3 Å². The number of anilines is 1. The molecule has 0 saturated heterocycles. The lowest BCUT2D eigenvalue weighted by atomic mass is 10.2. The van der Waals surface area contributed by atoms with E-state index in [-0.39, 0.29) is 16.9 Å². The minimum atomic E-state index is -0.453. The van der Waals surface area contributed by atoms with Crippen LogP contribution in [-0.2, 0) is 4.79 Å². The number of halogens is 1. The Morgan fingerprint density at radius 3 is 2.73 bits per heavy atom. The molecule has 1 rings (SSSR count). The van der Waals surface area contributed by atoms with Gasteiger partial charge in [-0.2, -0.15) is 0 Å². The maximum Gasteiger partial charge on any atom is 0.272 e. The topological polar surface area (TPSA) is 72.2 Å². The van der Waals surface area contributed by atoms with Crippen molar-refractivity contribution >= 4 is 33.2 Å². The Balaban J connectivity index is 2.91. The third-order valence-corrected chi connectivity index (χ3v) is 2.31. The van der Waals surface area contributed by atoms with Gasteiger partial charge in [-0.25, -0.2) is 0 Å². The molecule has 0 radical (unpaired) electrons. The lowest BCUT2D eigenvalue weighted by molar-refractivity contribution is -0.385. The van der Waals surface area contributed by atoms with E-state index < -0.39 is 4.92 Å². The Morgan fingerprint density at radius 1 is 1.60 bits per heavy atom. The van der Waals surface area contributed by atoms with E-state index in [0.717, 1.165) is 0 Å². The van der Waals surface area contributed by atoms with Crippen molar-refractivity contribution in [2.24, 2.45) is 0 Å². The molecule has 0 unspecified atom stereocenters. The van der Waals surface area contributed by atoms with Crippen LogP contribution in [0.3, 0.4) is 0 Å². The number of carbonyl (C=O) groups is 1. The van der Waals surface area contributed by atoms with E-state index in [2.05, 4.69) is 21.2 Å². The Hall–Kier alpha value is -1.43. The quantitative estimate of drug-likeness (QED) is 0.521. The molecule has 1 aromatic carbocycles. The summed E-state index contributed by atoms with van der Waals surface area (Å²) in [5.74, 6) is -0.191. The number of hydrogen-bond acceptors (Lipinski definition) is 3. The summed E-state index contributed by atoms with van der Waals surface area (Å²) in [6.07, 6.45) is 0. The SMILES string of the molecule is Cc1cc(NC(=O)CBr)ccc1[N+](=O)[O-]. The van der Waals surface area contributed by atoms with Crippen LogP contribution in [0, 0.1) is 17.0 Å². The molecule has 0 spiro atoms. The molecule has 0 aliphatic heterocycles. The Labute approximate surface area is 94.8 Å². The fourth-order valence-electron chi connectivity index (χ4n) is 1.13. The van der Waals surface area contributed by atoms with Crippen LogP contribution < -0.4 is 5.32 Å². The van der Waals surface area contributed by atoms with E-state index >= 15 is 0 Å². The molecule has 0 saturated carbocycles. The van der Waals surface area contributed by atoms with Crippen molar-refractivity contribution in [2.45, 2.75) is 6.92 Å². The minimum absolute atomic E-state index is 0.0480. The molecule has 1 amide bonds. The van der Waals surface area contributed by atoms with Gasteiger partial charge in [-0.1, -0.05) is 15.9 Å². The first-order valence-corrected chi connectivity index (χ1v) is 5.27. The van der Waals surface area contributed by atoms with Gasteiger partial charge >= 0.3 is 0 Å². The fourth-order valence-corrected chi connectivity index (χ4v) is 1.27. The number of nitrogens with zero attached hydrogens (tertiary/aromatic N) is 1. The second-order valence-corrected chi connectivity index (χ2v) is 3.50. The van der Waals surface area contributed by atoms with Gasteiger partial charge in [0.2, 0.25) is 5.91 Å². The summed E-state index contributed by atoms with van der Waals surface area (Å²) < 4.78 is 0. The summed E-state index contributed by atoms with van der Waals surface area (Å²) in [7, 11) is 0. The van der Waals surface area contributed by atoms with Crippen LogP contribution >= 0.6 is 15.9 Å². The van der Waals surface area contributed by atoms with Gasteiger partial charge in [0.15, 0.2) is 0 Å². The molecule has 0 aliphatic carbocycles. The van der Waals surface area contributed by atoms with Gasteiger partial charge in [-0.3, -0.25) is 14.9 Å². The van der Waals surface area contributed by atoms with Crippen molar-refractivity contribution in [2.75, 3.05) is 10.6 Å². The van der Waals surface area contributed by atoms with Crippen LogP contribution in [0.15, 0.2) is 18.2 Å². The van der Waals surface area contributed by atoms with E-state index in [4.69, 9.17) is 0 Å². The average Bonchev–Trinajstić information content (AvgIpc) is 2.17. The number of hydrogen-bond donors (Lipinski definition) is 1. The van der Waals surface area contributed by atoms with Crippen molar-refractivity contribution in [3.8, 4) is 0 Å². The van der Waals surface area contributed by atoms with E-state index in [1.165, 1.54) is 12.1 Å². The van der Waals surface area contributed by atoms with E-state index in [0.29, 0.717) is 11.3 Å². The van der Waals surface area contributed by atoms with Crippen molar-refractivity contribution in [3.63, 3.8) is 0 Å². The average molecular weight is 273 g/mol. The monoisotopic (exact) mass is 272 g/mol. The van der Waals surface area contributed by atoms with Crippen molar-refractivity contribution < 1.29 is 9.72 Å². The molecule has 0 bridgehead atoms. The van der Waals surface area contributed by atoms with Crippen LogP contribution in [-0.4, -0.2) is 16.2 Å². The highest BCUT2D eigenvalue weighted by Crippen LogP contribution is 2.21. The summed E-state index contributed by atoms with van der Waals surface area (Å²) in [5, 5.41) is 13.3. The fraction of sp³-hybridized carbons (Fsp3) is 0.222. The first-order chi connectivity index (χ1) is 7.04. The van der Waals surface area contributed by atoms with Gasteiger partial charge < -0.3 is 5.32 Å². The zero-order chi connectivity index (χ0) is 11.4. The number of nitro benzene ring substituents is 1. The molecule has 1 aromatic rings. The molecular weight excluding hydrogens is 264 g/mol. The van der Waals surface area contributed by atoms with E-state index in [9.17, 15) is 14.9 Å². The van der Waals surface area contributed by atoms with Gasteiger partial charge in [0.25, 0.3) is 5.69 Å². The zero-order valence-corrected chi connectivity index (χ0v) is 9.58. The molecule has 80 valence electrons. The second-order valence-electron chi connectivity index (χ2n) is 2.94. The number of benzene rings is 1. The number of aryl methyl sites for hydroxylation is 1. The number of nitro groups is 1. The lowest BCUT2D eigenvalue weighted by Gasteiger charge is -2.04. The summed E-state index contributed by atoms with van der Waals surface area (Å²) in [6, 6.07) is 4.45. The first-order valence-electron chi connectivity index (χ1n) is 4.15. The molecule has 0 aromatic heterocycles. The van der Waals surface area contributed by atoms with Gasteiger partial charge in [-0.05, 0) is 19.1 Å². The normalized spacial score (nSPS) is 9.73. The maximum atomic E-state index is 11.0. The first kappa shape index (κ1) is 11.6. The van der Waals surface area contributed by atoms with Crippen LogP contribution in [0.25, 0.3) is 0 Å². The molecule has 5 nitrogen and oxygen atoms in total. The van der Waals surface area contributed by atoms with Gasteiger partial charge in [-0.15, -0.1) is 0 Å². The van der Waals surface area contributed by atoms with Crippen LogP contribution in [0.1, 0.15) is 5.56 Å². The highest BCUT2D eigenvalue weighted by atomic mass is 79.9. The Kier molecular flexibility index (Phi) is 3.79. The predicted octanol–water partition coefficient (Wildman–Crippen LogP) is 2.24. The van der Waals surface area contributed by atoms with Crippen molar-refractivity contribution in [1.29, 1.82) is 0 Å². The standard InChI is InChI=1S/C9H9BrN2O3/c1-6-4-7(11-9(13)5-10)2-3-8(6)12(14)15/h2-4H,5H2,1H3,(H,11,13). The lowest BCUT2D eigenvalue weighted by Crippen LogP contribution is -2.12.